The molecular formula is C16H15N3O2S. The Morgan fingerprint density at radius 3 is 2.18 bits per heavy atom. The molecule has 1 aromatic heterocycles. The molecule has 2 aromatic carbocycles. The molecule has 2 N–H and O–H groups in total. The van der Waals surface area contributed by atoms with Crippen molar-refractivity contribution in [2.75, 3.05) is 12.0 Å². The SMILES string of the molecule is CS(=O)(=O)c1ccc(-n2ccc(-c3ccc(N)cc3)n2)cc1. The zero-order chi connectivity index (χ0) is 15.7. The molecule has 0 aliphatic heterocycles. The van der Waals surface area contributed by atoms with Gasteiger partial charge in [0.25, 0.3) is 0 Å². The minimum Gasteiger partial charge on any atom is -0.399 e. The van der Waals surface area contributed by atoms with E-state index in [9.17, 15) is 8.42 Å². The summed E-state index contributed by atoms with van der Waals surface area (Å²) in [6.45, 7) is 0. The van der Waals surface area contributed by atoms with Crippen LogP contribution >= 0.6 is 0 Å². The van der Waals surface area contributed by atoms with Crippen LogP contribution in [0, 0.1) is 0 Å². The first-order chi connectivity index (χ1) is 10.4. The first-order valence-corrected chi connectivity index (χ1v) is 8.55. The Morgan fingerprint density at radius 1 is 0.955 bits per heavy atom. The average Bonchev–Trinajstić information content (AvgIpc) is 2.97. The van der Waals surface area contributed by atoms with Crippen molar-refractivity contribution in [3.05, 3.63) is 60.8 Å². The number of nitrogens with zero attached hydrogens (tertiary/aromatic N) is 2. The van der Waals surface area contributed by atoms with Gasteiger partial charge in [0.15, 0.2) is 9.84 Å². The molecule has 112 valence electrons. The van der Waals surface area contributed by atoms with Crippen LogP contribution in [0.1, 0.15) is 0 Å². The first-order valence-electron chi connectivity index (χ1n) is 6.65. The van der Waals surface area contributed by atoms with Crippen molar-refractivity contribution < 1.29 is 8.42 Å². The molecule has 3 aromatic rings. The molecule has 0 bridgehead atoms. The van der Waals surface area contributed by atoms with Crippen LogP contribution in [0.25, 0.3) is 16.9 Å². The van der Waals surface area contributed by atoms with Crippen LogP contribution in [0.5, 0.6) is 0 Å². The Labute approximate surface area is 128 Å². The van der Waals surface area contributed by atoms with Crippen LogP contribution in [-0.2, 0) is 9.84 Å². The van der Waals surface area contributed by atoms with Crippen molar-refractivity contribution in [3.8, 4) is 16.9 Å². The molecule has 5 nitrogen and oxygen atoms in total. The Kier molecular flexibility index (Phi) is 3.46. The van der Waals surface area contributed by atoms with E-state index in [0.717, 1.165) is 16.9 Å². The molecule has 0 spiro atoms. The number of nitrogens with two attached hydrogens (primary N) is 1. The third kappa shape index (κ3) is 2.87. The summed E-state index contributed by atoms with van der Waals surface area (Å²) in [5.74, 6) is 0. The van der Waals surface area contributed by atoms with Crippen LogP contribution in [0.4, 0.5) is 5.69 Å². The third-order valence-corrected chi connectivity index (χ3v) is 4.45. The monoisotopic (exact) mass is 313 g/mol. The van der Waals surface area contributed by atoms with Gasteiger partial charge in [-0.25, -0.2) is 13.1 Å². The second-order valence-corrected chi connectivity index (χ2v) is 7.05. The Bertz CT molecular complexity index is 895. The number of rotatable bonds is 3. The molecule has 6 heteroatoms. The molecule has 0 radical (unpaired) electrons. The summed E-state index contributed by atoms with van der Waals surface area (Å²) in [4.78, 5) is 0.294. The van der Waals surface area contributed by atoms with Gasteiger partial charge < -0.3 is 5.73 Å². The molecule has 0 unspecified atom stereocenters. The molecule has 0 aliphatic rings. The maximum atomic E-state index is 11.5. The highest BCUT2D eigenvalue weighted by molar-refractivity contribution is 7.90. The van der Waals surface area contributed by atoms with Crippen LogP contribution in [0.15, 0.2) is 65.7 Å². The van der Waals surface area contributed by atoms with Gasteiger partial charge in [0.1, 0.15) is 0 Å². The van der Waals surface area contributed by atoms with Crippen LogP contribution in [0.2, 0.25) is 0 Å². The summed E-state index contributed by atoms with van der Waals surface area (Å²) in [6, 6.07) is 16.0. The maximum Gasteiger partial charge on any atom is 0.175 e. The predicted molar refractivity (Wildman–Crippen MR) is 86.5 cm³/mol. The fraction of sp³-hybridized carbons (Fsp3) is 0.0625. The standard InChI is InChI=1S/C16H15N3O2S/c1-22(20,21)15-8-6-14(7-9-15)19-11-10-16(18-19)12-2-4-13(17)5-3-12/h2-11H,17H2,1H3. The Balaban J connectivity index is 1.92. The Morgan fingerprint density at radius 2 is 1.59 bits per heavy atom. The van der Waals surface area contributed by atoms with Crippen LogP contribution in [-0.4, -0.2) is 24.5 Å². The molecule has 0 amide bonds. The Hall–Kier alpha value is -2.60. The fourth-order valence-corrected chi connectivity index (χ4v) is 2.75. The zero-order valence-corrected chi connectivity index (χ0v) is 12.8. The molecule has 0 fully saturated rings. The van der Waals surface area contributed by atoms with Crippen LogP contribution in [0.3, 0.4) is 0 Å². The molecule has 0 atom stereocenters. The summed E-state index contributed by atoms with van der Waals surface area (Å²) in [7, 11) is -3.19. The highest BCUT2D eigenvalue weighted by Gasteiger charge is 2.08. The predicted octanol–water partition coefficient (Wildman–Crippen LogP) is 2.53. The third-order valence-electron chi connectivity index (χ3n) is 3.32. The second-order valence-electron chi connectivity index (χ2n) is 5.03. The van der Waals surface area contributed by atoms with Crippen LogP contribution < -0.4 is 5.73 Å². The quantitative estimate of drug-likeness (QED) is 0.754. The number of nitrogen functional groups attached to an aromatic ring is 1. The van der Waals surface area contributed by atoms with E-state index in [1.54, 1.807) is 28.9 Å². The maximum absolute atomic E-state index is 11.5. The highest BCUT2D eigenvalue weighted by Crippen LogP contribution is 2.20. The molecule has 0 aliphatic carbocycles. The van der Waals surface area contributed by atoms with Crippen molar-refractivity contribution in [1.82, 2.24) is 9.78 Å². The normalized spacial score (nSPS) is 11.5. The zero-order valence-electron chi connectivity index (χ0n) is 12.0. The summed E-state index contributed by atoms with van der Waals surface area (Å²) >= 11 is 0. The number of hydrogen-bond donors (Lipinski definition) is 1. The number of sulfone groups is 1. The topological polar surface area (TPSA) is 78.0 Å². The van der Waals surface area contributed by atoms with Crippen molar-refractivity contribution in [1.29, 1.82) is 0 Å². The lowest BCUT2D eigenvalue weighted by molar-refractivity contribution is 0.602. The van der Waals surface area contributed by atoms with E-state index < -0.39 is 9.84 Å². The largest absolute Gasteiger partial charge is 0.399 e. The van der Waals surface area contributed by atoms with Gasteiger partial charge in [0.05, 0.1) is 16.3 Å². The molecule has 1 heterocycles. The lowest BCUT2D eigenvalue weighted by atomic mass is 10.1. The summed E-state index contributed by atoms with van der Waals surface area (Å²) in [5.41, 5.74) is 8.98. The number of benzene rings is 2. The van der Waals surface area contributed by atoms with Gasteiger partial charge in [-0.2, -0.15) is 5.10 Å². The highest BCUT2D eigenvalue weighted by atomic mass is 32.2. The van der Waals surface area contributed by atoms with Crippen molar-refractivity contribution in [3.63, 3.8) is 0 Å². The van der Waals surface area contributed by atoms with Gasteiger partial charge in [0, 0.05) is 23.7 Å². The molecule has 0 saturated carbocycles. The molecule has 3 rings (SSSR count). The van der Waals surface area contributed by atoms with E-state index in [-0.39, 0.29) is 0 Å². The summed E-state index contributed by atoms with van der Waals surface area (Å²) in [5, 5.41) is 4.50. The van der Waals surface area contributed by atoms with E-state index >= 15 is 0 Å². The summed E-state index contributed by atoms with van der Waals surface area (Å²) < 4.78 is 24.6. The van der Waals surface area contributed by atoms with Crippen molar-refractivity contribution >= 4 is 15.5 Å². The van der Waals surface area contributed by atoms with Crippen molar-refractivity contribution in [2.24, 2.45) is 0 Å². The first kappa shape index (κ1) is 14.3. The van der Waals surface area contributed by atoms with Crippen molar-refractivity contribution in [2.45, 2.75) is 4.90 Å². The van der Waals surface area contributed by atoms with E-state index in [4.69, 9.17) is 5.73 Å². The average molecular weight is 313 g/mol. The van der Waals surface area contributed by atoms with E-state index in [1.165, 1.54) is 6.26 Å². The minimum absolute atomic E-state index is 0.294. The number of hydrogen-bond acceptors (Lipinski definition) is 4. The van der Waals surface area contributed by atoms with Gasteiger partial charge in [-0.3, -0.25) is 0 Å². The number of aromatic nitrogens is 2. The fourth-order valence-electron chi connectivity index (χ4n) is 2.12. The molecule has 0 saturated heterocycles. The van der Waals surface area contributed by atoms with E-state index in [0.29, 0.717) is 10.6 Å². The lowest BCUT2D eigenvalue weighted by Crippen LogP contribution is -1.99. The van der Waals surface area contributed by atoms with Gasteiger partial charge in [-0.1, -0.05) is 12.1 Å². The van der Waals surface area contributed by atoms with Gasteiger partial charge in [-0.15, -0.1) is 0 Å². The summed E-state index contributed by atoms with van der Waals surface area (Å²) in [6.07, 6.45) is 3.02. The van der Waals surface area contributed by atoms with E-state index in [2.05, 4.69) is 5.10 Å². The van der Waals surface area contributed by atoms with E-state index in [1.807, 2.05) is 36.5 Å². The van der Waals surface area contributed by atoms with Gasteiger partial charge >= 0.3 is 0 Å². The van der Waals surface area contributed by atoms with Gasteiger partial charge in [-0.05, 0) is 42.5 Å². The second kappa shape index (κ2) is 5.31. The minimum atomic E-state index is -3.19. The number of anilines is 1. The molecule has 22 heavy (non-hydrogen) atoms. The van der Waals surface area contributed by atoms with Gasteiger partial charge in [0.2, 0.25) is 0 Å². The smallest absolute Gasteiger partial charge is 0.175 e. The molecular weight excluding hydrogens is 298 g/mol. The lowest BCUT2D eigenvalue weighted by Gasteiger charge is -2.03.